The Morgan fingerprint density at radius 3 is 2.47 bits per heavy atom. The monoisotopic (exact) mass is 410 g/mol. The van der Waals surface area contributed by atoms with Crippen LogP contribution in [0.5, 0.6) is 0 Å². The number of carbonyl (C=O) groups is 1. The van der Waals surface area contributed by atoms with Crippen LogP contribution >= 0.6 is 0 Å². The minimum Gasteiger partial charge on any atom is -0.457 e. The Hall–Kier alpha value is -3.79. The van der Waals surface area contributed by atoms with Gasteiger partial charge in [0.2, 0.25) is 0 Å². The predicted octanol–water partition coefficient (Wildman–Crippen LogP) is 6.13. The molecular formula is C23H17F3N2O2. The molecule has 30 heavy (non-hydrogen) atoms. The fraction of sp³-hybridized carbons (Fsp3) is 0.130. The van der Waals surface area contributed by atoms with Crippen molar-refractivity contribution in [2.24, 2.45) is 0 Å². The van der Waals surface area contributed by atoms with Crippen LogP contribution in [0.4, 0.5) is 18.9 Å². The number of alkyl halides is 3. The molecule has 0 aliphatic rings. The van der Waals surface area contributed by atoms with E-state index in [4.69, 9.17) is 4.42 Å². The zero-order valence-electron chi connectivity index (χ0n) is 16.2. The van der Waals surface area contributed by atoms with E-state index in [0.29, 0.717) is 5.69 Å². The first-order chi connectivity index (χ1) is 14.2. The quantitative estimate of drug-likeness (QED) is 0.416. The van der Waals surface area contributed by atoms with Gasteiger partial charge in [0.05, 0.1) is 5.56 Å². The van der Waals surface area contributed by atoms with Crippen molar-refractivity contribution in [3.8, 4) is 17.4 Å². The van der Waals surface area contributed by atoms with E-state index in [1.165, 1.54) is 36.4 Å². The number of benzene rings is 2. The van der Waals surface area contributed by atoms with Gasteiger partial charge in [-0.3, -0.25) is 4.79 Å². The highest BCUT2D eigenvalue weighted by Crippen LogP contribution is 2.37. The SMILES string of the molecule is Cc1ccc(NC(=O)/C(C#N)=C/c2ccc(-c3ccccc3C(F)(F)F)o2)cc1C. The Labute approximate surface area is 171 Å². The number of nitriles is 1. The lowest BCUT2D eigenvalue weighted by Crippen LogP contribution is -2.13. The van der Waals surface area contributed by atoms with Gasteiger partial charge in [0.25, 0.3) is 5.91 Å². The van der Waals surface area contributed by atoms with Crippen molar-refractivity contribution in [2.75, 3.05) is 5.32 Å². The lowest BCUT2D eigenvalue weighted by molar-refractivity contribution is -0.137. The van der Waals surface area contributed by atoms with Gasteiger partial charge in [-0.05, 0) is 55.3 Å². The van der Waals surface area contributed by atoms with Crippen molar-refractivity contribution < 1.29 is 22.4 Å². The van der Waals surface area contributed by atoms with E-state index in [-0.39, 0.29) is 22.7 Å². The number of nitrogens with one attached hydrogen (secondary N) is 1. The molecule has 0 bridgehead atoms. The third-order valence-corrected chi connectivity index (χ3v) is 4.54. The van der Waals surface area contributed by atoms with Crippen molar-refractivity contribution in [2.45, 2.75) is 20.0 Å². The van der Waals surface area contributed by atoms with E-state index < -0.39 is 17.6 Å². The Bertz CT molecular complexity index is 1170. The number of halogens is 3. The van der Waals surface area contributed by atoms with Crippen LogP contribution in [0.25, 0.3) is 17.4 Å². The van der Waals surface area contributed by atoms with Gasteiger partial charge in [-0.15, -0.1) is 0 Å². The summed E-state index contributed by atoms with van der Waals surface area (Å²) in [5.74, 6) is -0.566. The van der Waals surface area contributed by atoms with Gasteiger partial charge in [0.15, 0.2) is 0 Å². The molecule has 4 nitrogen and oxygen atoms in total. The molecule has 0 atom stereocenters. The Kier molecular flexibility index (Phi) is 5.79. The van der Waals surface area contributed by atoms with Crippen LogP contribution in [0, 0.1) is 25.2 Å². The van der Waals surface area contributed by atoms with Crippen LogP contribution in [0.2, 0.25) is 0 Å². The summed E-state index contributed by atoms with van der Waals surface area (Å²) in [6.45, 7) is 3.84. The first kappa shape index (κ1) is 20.9. The van der Waals surface area contributed by atoms with Gasteiger partial charge in [-0.2, -0.15) is 18.4 Å². The molecule has 0 radical (unpaired) electrons. The molecule has 1 aromatic heterocycles. The van der Waals surface area contributed by atoms with Crippen LogP contribution in [-0.4, -0.2) is 5.91 Å². The number of anilines is 1. The summed E-state index contributed by atoms with van der Waals surface area (Å²) in [6, 6.07) is 14.9. The van der Waals surface area contributed by atoms with Crippen LogP contribution in [0.3, 0.4) is 0 Å². The Morgan fingerprint density at radius 2 is 1.80 bits per heavy atom. The smallest absolute Gasteiger partial charge is 0.417 e. The summed E-state index contributed by atoms with van der Waals surface area (Å²) in [5.41, 5.74) is 1.38. The molecule has 0 unspecified atom stereocenters. The second kappa shape index (κ2) is 8.29. The minimum atomic E-state index is -4.54. The Balaban J connectivity index is 1.86. The van der Waals surface area contributed by atoms with Gasteiger partial charge in [0.1, 0.15) is 23.2 Å². The van der Waals surface area contributed by atoms with E-state index in [2.05, 4.69) is 5.32 Å². The van der Waals surface area contributed by atoms with Crippen LogP contribution in [-0.2, 0) is 11.0 Å². The zero-order valence-corrected chi connectivity index (χ0v) is 16.2. The number of furan rings is 1. The normalized spacial score (nSPS) is 11.8. The van der Waals surface area contributed by atoms with E-state index in [1.807, 2.05) is 19.9 Å². The molecule has 0 saturated heterocycles. The number of nitrogens with zero attached hydrogens (tertiary/aromatic N) is 1. The van der Waals surface area contributed by atoms with Crippen LogP contribution in [0.15, 0.2) is 64.6 Å². The molecule has 0 fully saturated rings. The van der Waals surface area contributed by atoms with E-state index in [0.717, 1.165) is 17.2 Å². The maximum atomic E-state index is 13.2. The van der Waals surface area contributed by atoms with Crippen molar-refractivity contribution in [1.82, 2.24) is 0 Å². The number of carbonyl (C=O) groups excluding carboxylic acids is 1. The second-order valence-corrected chi connectivity index (χ2v) is 6.67. The molecule has 1 heterocycles. The van der Waals surface area contributed by atoms with Crippen LogP contribution in [0.1, 0.15) is 22.5 Å². The average Bonchev–Trinajstić information content (AvgIpc) is 3.17. The van der Waals surface area contributed by atoms with Crippen LogP contribution < -0.4 is 5.32 Å². The molecule has 3 aromatic rings. The minimum absolute atomic E-state index is 0.0129. The number of amides is 1. The van der Waals surface area contributed by atoms with E-state index in [1.54, 1.807) is 18.2 Å². The third kappa shape index (κ3) is 4.61. The topological polar surface area (TPSA) is 66.0 Å². The lowest BCUT2D eigenvalue weighted by Gasteiger charge is -2.10. The molecular weight excluding hydrogens is 393 g/mol. The highest BCUT2D eigenvalue weighted by atomic mass is 19.4. The summed E-state index contributed by atoms with van der Waals surface area (Å²) < 4.78 is 45.1. The van der Waals surface area contributed by atoms with Crippen molar-refractivity contribution in [3.63, 3.8) is 0 Å². The molecule has 0 spiro atoms. The maximum Gasteiger partial charge on any atom is 0.417 e. The van der Waals surface area contributed by atoms with Gasteiger partial charge >= 0.3 is 6.18 Å². The summed E-state index contributed by atoms with van der Waals surface area (Å²) in [6.07, 6.45) is -3.35. The third-order valence-electron chi connectivity index (χ3n) is 4.54. The number of hydrogen-bond donors (Lipinski definition) is 1. The first-order valence-corrected chi connectivity index (χ1v) is 8.96. The number of hydrogen-bond acceptors (Lipinski definition) is 3. The van der Waals surface area contributed by atoms with E-state index >= 15 is 0 Å². The summed E-state index contributed by atoms with van der Waals surface area (Å²) in [5, 5.41) is 12.0. The highest BCUT2D eigenvalue weighted by molar-refractivity contribution is 6.09. The summed E-state index contributed by atoms with van der Waals surface area (Å²) in [4.78, 5) is 12.4. The molecule has 152 valence electrons. The number of rotatable bonds is 4. The van der Waals surface area contributed by atoms with Crippen molar-refractivity contribution in [1.29, 1.82) is 5.26 Å². The van der Waals surface area contributed by atoms with Gasteiger partial charge in [0, 0.05) is 17.3 Å². The highest BCUT2D eigenvalue weighted by Gasteiger charge is 2.34. The molecule has 2 aromatic carbocycles. The fourth-order valence-electron chi connectivity index (χ4n) is 2.83. The van der Waals surface area contributed by atoms with Gasteiger partial charge in [-0.1, -0.05) is 24.3 Å². The molecule has 0 aliphatic carbocycles. The molecule has 0 saturated carbocycles. The average molecular weight is 410 g/mol. The number of aryl methyl sites for hydroxylation is 2. The fourth-order valence-corrected chi connectivity index (χ4v) is 2.83. The maximum absolute atomic E-state index is 13.2. The molecule has 7 heteroatoms. The van der Waals surface area contributed by atoms with Crippen molar-refractivity contribution in [3.05, 3.63) is 82.6 Å². The van der Waals surface area contributed by atoms with Gasteiger partial charge < -0.3 is 9.73 Å². The predicted molar refractivity (Wildman–Crippen MR) is 107 cm³/mol. The first-order valence-electron chi connectivity index (χ1n) is 8.96. The lowest BCUT2D eigenvalue weighted by atomic mass is 10.1. The molecule has 1 N–H and O–H groups in total. The standard InChI is InChI=1S/C23H17F3N2O2/c1-14-7-8-17(11-15(14)2)28-22(29)16(13-27)12-18-9-10-21(30-18)19-5-3-4-6-20(19)23(24,25)26/h3-12H,1-2H3,(H,28,29)/b16-12+. The van der Waals surface area contributed by atoms with E-state index in [9.17, 15) is 23.2 Å². The Morgan fingerprint density at radius 1 is 1.07 bits per heavy atom. The van der Waals surface area contributed by atoms with Gasteiger partial charge in [-0.25, -0.2) is 0 Å². The zero-order chi connectivity index (χ0) is 21.9. The summed E-state index contributed by atoms with van der Waals surface area (Å²) in [7, 11) is 0. The second-order valence-electron chi connectivity index (χ2n) is 6.67. The largest absolute Gasteiger partial charge is 0.457 e. The summed E-state index contributed by atoms with van der Waals surface area (Å²) >= 11 is 0. The molecule has 0 aliphatic heterocycles. The van der Waals surface area contributed by atoms with Crippen molar-refractivity contribution >= 4 is 17.7 Å². The molecule has 3 rings (SSSR count). The molecule has 1 amide bonds.